The Bertz CT molecular complexity index is 819. The quantitative estimate of drug-likeness (QED) is 0.492. The van der Waals surface area contributed by atoms with E-state index in [2.05, 4.69) is 30.2 Å². The molecule has 0 spiro atoms. The largest absolute Gasteiger partial charge is 1.00 e. The first-order chi connectivity index (χ1) is 9.27. The zero-order chi connectivity index (χ0) is 13.0. The number of quaternary nitrogens is 1. The predicted octanol–water partition coefficient (Wildman–Crippen LogP) is -0.621. The van der Waals surface area contributed by atoms with E-state index in [1.165, 1.54) is 21.7 Å². The van der Waals surface area contributed by atoms with Gasteiger partial charge in [-0.05, 0) is 18.2 Å². The number of nitrogens with one attached hydrogen (secondary N) is 3. The highest BCUT2D eigenvalue weighted by molar-refractivity contribution is 6.19. The number of benzene rings is 2. The molecule has 0 aliphatic carbocycles. The molecule has 0 amide bonds. The second-order valence-electron chi connectivity index (χ2n) is 4.97. The number of rotatable bonds is 0. The van der Waals surface area contributed by atoms with E-state index in [1.807, 2.05) is 30.3 Å². The van der Waals surface area contributed by atoms with E-state index in [0.29, 0.717) is 5.71 Å². The van der Waals surface area contributed by atoms with Gasteiger partial charge in [-0.1, -0.05) is 24.3 Å². The average molecular weight is 284 g/mol. The molecule has 3 nitrogen and oxygen atoms in total. The van der Waals surface area contributed by atoms with Crippen LogP contribution in [-0.2, 0) is 0 Å². The number of aromatic nitrogens is 1. The van der Waals surface area contributed by atoms with Crippen molar-refractivity contribution in [3.05, 3.63) is 59.8 Å². The normalized spacial score (nSPS) is 16.4. The molecule has 4 heteroatoms. The van der Waals surface area contributed by atoms with Crippen LogP contribution in [0.2, 0.25) is 0 Å². The molecule has 0 fully saturated rings. The number of para-hydroxylation sites is 2. The van der Waals surface area contributed by atoms with Crippen molar-refractivity contribution in [2.75, 3.05) is 7.05 Å². The summed E-state index contributed by atoms with van der Waals surface area (Å²) in [4.78, 5) is 4.64. The van der Waals surface area contributed by atoms with Crippen LogP contribution in [0.1, 0.15) is 11.3 Å². The van der Waals surface area contributed by atoms with Gasteiger partial charge in [0.25, 0.3) is 0 Å². The third kappa shape index (κ3) is 1.54. The van der Waals surface area contributed by atoms with E-state index < -0.39 is 0 Å². The predicted molar refractivity (Wildman–Crippen MR) is 76.9 cm³/mol. The molecule has 1 atom stereocenters. The lowest BCUT2D eigenvalue weighted by Gasteiger charge is -2.22. The van der Waals surface area contributed by atoms with Crippen molar-refractivity contribution in [2.45, 2.75) is 0 Å². The minimum Gasteiger partial charge on any atom is -1.00 e. The lowest BCUT2D eigenvalue weighted by atomic mass is 9.98. The number of hydrogen-bond acceptors (Lipinski definition) is 1. The van der Waals surface area contributed by atoms with Crippen molar-refractivity contribution in [3.63, 3.8) is 0 Å². The molecule has 4 rings (SSSR count). The molecular weight excluding hydrogens is 270 g/mol. The highest BCUT2D eigenvalue weighted by Crippen LogP contribution is 2.32. The molecule has 0 bridgehead atoms. The SMILES string of the molecule is C[NH+]1c2ccccc2C(=N)c2[nH]c3ccccc3c21.[Cl-]. The molecule has 3 N–H and O–H groups in total. The minimum atomic E-state index is 0. The summed E-state index contributed by atoms with van der Waals surface area (Å²) in [5.74, 6) is 0. The maximum absolute atomic E-state index is 8.43. The van der Waals surface area contributed by atoms with E-state index in [9.17, 15) is 0 Å². The highest BCUT2D eigenvalue weighted by Gasteiger charge is 2.32. The van der Waals surface area contributed by atoms with Gasteiger partial charge >= 0.3 is 0 Å². The van der Waals surface area contributed by atoms with Gasteiger partial charge in [-0.2, -0.15) is 0 Å². The Morgan fingerprint density at radius 3 is 2.55 bits per heavy atom. The summed E-state index contributed by atoms with van der Waals surface area (Å²) in [7, 11) is 2.14. The van der Waals surface area contributed by atoms with Crippen LogP contribution in [0.4, 0.5) is 11.4 Å². The van der Waals surface area contributed by atoms with Crippen LogP contribution >= 0.6 is 0 Å². The van der Waals surface area contributed by atoms with Crippen LogP contribution < -0.4 is 17.3 Å². The first-order valence-corrected chi connectivity index (χ1v) is 6.40. The smallest absolute Gasteiger partial charge is 0.171 e. The van der Waals surface area contributed by atoms with Gasteiger partial charge in [0.1, 0.15) is 11.4 Å². The van der Waals surface area contributed by atoms with E-state index in [-0.39, 0.29) is 12.4 Å². The molecule has 0 saturated carbocycles. The summed E-state index contributed by atoms with van der Waals surface area (Å²) in [6.45, 7) is 0. The number of H-pyrrole nitrogens is 1. The minimum absolute atomic E-state index is 0. The first kappa shape index (κ1) is 12.9. The first-order valence-electron chi connectivity index (χ1n) is 6.40. The molecular formula is C16H14ClN3. The molecule has 0 saturated heterocycles. The summed E-state index contributed by atoms with van der Waals surface area (Å²) in [5.41, 5.74) is 6.00. The molecule has 2 heterocycles. The van der Waals surface area contributed by atoms with Crippen molar-refractivity contribution in [3.8, 4) is 0 Å². The van der Waals surface area contributed by atoms with Gasteiger partial charge in [-0.25, -0.2) is 0 Å². The van der Waals surface area contributed by atoms with Gasteiger partial charge in [0.15, 0.2) is 5.69 Å². The van der Waals surface area contributed by atoms with Crippen molar-refractivity contribution in [1.82, 2.24) is 4.98 Å². The Balaban J connectivity index is 0.00000121. The van der Waals surface area contributed by atoms with Crippen molar-refractivity contribution < 1.29 is 17.3 Å². The molecule has 2 aromatic carbocycles. The van der Waals surface area contributed by atoms with Crippen LogP contribution in [0.15, 0.2) is 48.5 Å². The lowest BCUT2D eigenvalue weighted by Crippen LogP contribution is -3.00. The summed E-state index contributed by atoms with van der Waals surface area (Å²) in [6, 6.07) is 16.4. The summed E-state index contributed by atoms with van der Waals surface area (Å²) in [5, 5.41) is 9.63. The van der Waals surface area contributed by atoms with Crippen LogP contribution in [0, 0.1) is 5.41 Å². The Hall–Kier alpha value is -2.10. The zero-order valence-corrected chi connectivity index (χ0v) is 11.8. The van der Waals surface area contributed by atoms with E-state index in [1.54, 1.807) is 0 Å². The molecule has 1 aliphatic heterocycles. The van der Waals surface area contributed by atoms with Crippen LogP contribution in [-0.4, -0.2) is 17.7 Å². The average Bonchev–Trinajstić information content (AvgIpc) is 2.84. The van der Waals surface area contributed by atoms with Gasteiger partial charge in [-0.3, -0.25) is 10.3 Å². The van der Waals surface area contributed by atoms with Gasteiger partial charge in [0.2, 0.25) is 0 Å². The van der Waals surface area contributed by atoms with E-state index >= 15 is 0 Å². The molecule has 20 heavy (non-hydrogen) atoms. The fourth-order valence-electron chi connectivity index (χ4n) is 3.02. The van der Waals surface area contributed by atoms with Crippen molar-refractivity contribution >= 4 is 28.0 Å². The highest BCUT2D eigenvalue weighted by atomic mass is 35.5. The van der Waals surface area contributed by atoms with Crippen LogP contribution in [0.25, 0.3) is 10.9 Å². The fourth-order valence-corrected chi connectivity index (χ4v) is 3.02. The van der Waals surface area contributed by atoms with Crippen molar-refractivity contribution in [2.24, 2.45) is 0 Å². The Labute approximate surface area is 123 Å². The molecule has 0 radical (unpaired) electrons. The third-order valence-corrected chi connectivity index (χ3v) is 3.93. The summed E-state index contributed by atoms with van der Waals surface area (Å²) >= 11 is 0. The summed E-state index contributed by atoms with van der Waals surface area (Å²) in [6.07, 6.45) is 0. The number of halogens is 1. The van der Waals surface area contributed by atoms with Crippen LogP contribution in [0.5, 0.6) is 0 Å². The van der Waals surface area contributed by atoms with E-state index in [4.69, 9.17) is 5.41 Å². The maximum Gasteiger partial charge on any atom is 0.171 e. The molecule has 1 unspecified atom stereocenters. The standard InChI is InChI=1S/C16H13N3.ClH/c1-19-13-9-5-3-7-11(13)14(17)15-16(19)10-6-2-4-8-12(10)18-15;/h2-9,17-18H,1H3;1H. The topological polar surface area (TPSA) is 44.1 Å². The zero-order valence-electron chi connectivity index (χ0n) is 11.0. The van der Waals surface area contributed by atoms with Crippen LogP contribution in [0.3, 0.4) is 0 Å². The molecule has 100 valence electrons. The maximum atomic E-state index is 8.43. The number of hydrogen-bond donors (Lipinski definition) is 3. The number of aromatic amines is 1. The van der Waals surface area contributed by atoms with Gasteiger partial charge < -0.3 is 17.4 Å². The van der Waals surface area contributed by atoms with Gasteiger partial charge in [0.05, 0.1) is 29.2 Å². The monoisotopic (exact) mass is 283 g/mol. The number of fused-ring (bicyclic) bond motifs is 4. The lowest BCUT2D eigenvalue weighted by molar-refractivity contribution is -0.734. The second kappa shape index (κ2) is 4.47. The fraction of sp³-hybridized carbons (Fsp3) is 0.0625. The van der Waals surface area contributed by atoms with Gasteiger partial charge in [0, 0.05) is 6.07 Å². The summed E-state index contributed by atoms with van der Waals surface area (Å²) < 4.78 is 0. The van der Waals surface area contributed by atoms with Crippen molar-refractivity contribution in [1.29, 1.82) is 5.41 Å². The van der Waals surface area contributed by atoms with E-state index in [0.717, 1.165) is 16.8 Å². The Morgan fingerprint density at radius 2 is 1.70 bits per heavy atom. The molecule has 3 aromatic rings. The Kier molecular flexibility index (Phi) is 2.89. The van der Waals surface area contributed by atoms with Gasteiger partial charge in [-0.15, -0.1) is 0 Å². The molecule has 1 aromatic heterocycles. The second-order valence-corrected chi connectivity index (χ2v) is 4.97. The Morgan fingerprint density at radius 1 is 1.00 bits per heavy atom. The molecule has 1 aliphatic rings. The third-order valence-electron chi connectivity index (χ3n) is 3.93.